The minimum atomic E-state index is 1.17. The molecule has 0 aliphatic carbocycles. The highest BCUT2D eigenvalue weighted by molar-refractivity contribution is 7.26. The van der Waals surface area contributed by atoms with Crippen LogP contribution in [0.2, 0.25) is 0 Å². The minimum absolute atomic E-state index is 1.17. The molecule has 420 valence electrons. The van der Waals surface area contributed by atoms with E-state index in [2.05, 4.69) is 337 Å². The summed E-state index contributed by atoms with van der Waals surface area (Å²) in [5.74, 6) is 0. The van der Waals surface area contributed by atoms with Crippen LogP contribution in [-0.2, 0) is 0 Å². The summed E-state index contributed by atoms with van der Waals surface area (Å²) in [5, 5.41) is 15.5. The molecule has 0 bridgehead atoms. The lowest BCUT2D eigenvalue weighted by Gasteiger charge is -2.14. The molecule has 0 unspecified atom stereocenters. The highest BCUT2D eigenvalue weighted by Gasteiger charge is 2.19. The first kappa shape index (κ1) is 52.0. The fourth-order valence-electron chi connectivity index (χ4n) is 14.1. The molecule has 0 spiro atoms. The minimum Gasteiger partial charge on any atom is -0.309 e. The zero-order valence-corrected chi connectivity index (χ0v) is 50.5. The van der Waals surface area contributed by atoms with E-state index >= 15 is 0 Å². The van der Waals surface area contributed by atoms with E-state index in [0.717, 1.165) is 0 Å². The molecule has 0 aliphatic rings. The van der Waals surface area contributed by atoms with Gasteiger partial charge in [0.15, 0.2) is 0 Å². The van der Waals surface area contributed by atoms with Gasteiger partial charge < -0.3 is 9.13 Å². The number of hydrogen-bond acceptors (Lipinski definition) is 2. The van der Waals surface area contributed by atoms with Gasteiger partial charge in [-0.3, -0.25) is 0 Å². The lowest BCUT2D eigenvalue weighted by atomic mass is 9.97. The number of rotatable bonds is 7. The second kappa shape index (κ2) is 21.3. The fraction of sp³-hybridized carbons (Fsp3) is 0. The molecule has 90 heavy (non-hydrogen) atoms. The Balaban J connectivity index is 0.000000134. The number of aromatic nitrogens is 2. The molecular weight excluding hydrogens is 1130 g/mol. The van der Waals surface area contributed by atoms with Crippen LogP contribution in [0.5, 0.6) is 0 Å². The Labute approximate surface area is 528 Å². The molecule has 0 saturated carbocycles. The molecular formula is C86H54N2S2. The van der Waals surface area contributed by atoms with Crippen LogP contribution < -0.4 is 0 Å². The summed E-state index contributed by atoms with van der Waals surface area (Å²) in [6, 6.07) is 120. The van der Waals surface area contributed by atoms with Crippen LogP contribution in [0.1, 0.15) is 0 Å². The second-order valence-corrected chi connectivity index (χ2v) is 25.7. The fourth-order valence-corrected chi connectivity index (χ4v) is 16.3. The maximum absolute atomic E-state index is 2.46. The van der Waals surface area contributed by atoms with E-state index in [4.69, 9.17) is 0 Å². The van der Waals surface area contributed by atoms with Gasteiger partial charge in [0.1, 0.15) is 0 Å². The maximum atomic E-state index is 2.46. The van der Waals surface area contributed by atoms with Gasteiger partial charge in [0.2, 0.25) is 0 Å². The SMILES string of the molecule is c1cc(-c2ccc3sc4ccccc4c3c2)cc(-c2ccc3c(c2)c2ccccc2n3-c2cc3ccccc3c3ccccc23)c1.c1ccc(-c2cccc(-n3c4ccccc4c4cc(-c5cccc(-c6ccc7sc8ccccc8c7c6)c5)ccc43)c2)cc1. The Morgan fingerprint density at radius 1 is 0.178 bits per heavy atom. The van der Waals surface area contributed by atoms with Crippen LogP contribution in [0.15, 0.2) is 328 Å². The van der Waals surface area contributed by atoms with Crippen LogP contribution in [0.4, 0.5) is 0 Å². The molecule has 0 amide bonds. The monoisotopic (exact) mass is 1180 g/mol. The lowest BCUT2D eigenvalue weighted by molar-refractivity contribution is 1.18. The topological polar surface area (TPSA) is 9.86 Å². The molecule has 0 radical (unpaired) electrons. The number of hydrogen-bond donors (Lipinski definition) is 0. The standard InChI is InChI=1S/C44H27NS.C42H27NS/c1-2-13-33-32(10-1)27-42(35-15-4-3-14-34(33)35)45-40-18-7-5-16-36(40)38-25-30(20-22-41(38)45)28-11-9-12-29(24-28)31-21-23-44-39(26-31)37-17-6-8-19-43(37)46-44;1-2-10-28(11-3-1)31-14-9-15-34(25-31)43-39-18-6-4-16-35(39)37-26-32(20-22-40(37)43)29-12-8-13-30(24-29)33-21-23-42-38(27-33)36-17-5-7-19-41(36)44-42/h1-27H;1-27H. The molecule has 0 aliphatic heterocycles. The van der Waals surface area contributed by atoms with Gasteiger partial charge in [0, 0.05) is 73.0 Å². The molecule has 4 heterocycles. The van der Waals surface area contributed by atoms with Crippen molar-refractivity contribution in [2.24, 2.45) is 0 Å². The van der Waals surface area contributed by atoms with Gasteiger partial charge in [-0.1, -0.05) is 224 Å². The van der Waals surface area contributed by atoms with Gasteiger partial charge >= 0.3 is 0 Å². The highest BCUT2D eigenvalue weighted by Crippen LogP contribution is 2.43. The Morgan fingerprint density at radius 2 is 0.544 bits per heavy atom. The van der Waals surface area contributed by atoms with Gasteiger partial charge in [-0.25, -0.2) is 0 Å². The number of nitrogens with zero attached hydrogens (tertiary/aromatic N) is 2. The Morgan fingerprint density at radius 3 is 1.11 bits per heavy atom. The molecule has 2 nitrogen and oxygen atoms in total. The number of fused-ring (bicyclic) bond motifs is 15. The van der Waals surface area contributed by atoms with Crippen LogP contribution in [-0.4, -0.2) is 9.13 Å². The zero-order valence-electron chi connectivity index (χ0n) is 48.9. The number of thiophene rings is 2. The first-order valence-corrected chi connectivity index (χ1v) is 32.4. The van der Waals surface area contributed by atoms with E-state index < -0.39 is 0 Å². The number of benzene rings is 15. The summed E-state index contributed by atoms with van der Waals surface area (Å²) >= 11 is 3.73. The van der Waals surface area contributed by atoms with Crippen molar-refractivity contribution in [1.82, 2.24) is 9.13 Å². The van der Waals surface area contributed by atoms with Crippen LogP contribution in [0.25, 0.3) is 173 Å². The quantitative estimate of drug-likeness (QED) is 0.141. The van der Waals surface area contributed by atoms with Crippen molar-refractivity contribution in [3.63, 3.8) is 0 Å². The lowest BCUT2D eigenvalue weighted by Crippen LogP contribution is -1.96. The van der Waals surface area contributed by atoms with Gasteiger partial charge in [-0.2, -0.15) is 0 Å². The van der Waals surface area contributed by atoms with Gasteiger partial charge in [-0.05, 0) is 175 Å². The molecule has 4 aromatic heterocycles. The van der Waals surface area contributed by atoms with Crippen molar-refractivity contribution in [3.05, 3.63) is 328 Å². The van der Waals surface area contributed by atoms with Crippen molar-refractivity contribution in [2.75, 3.05) is 0 Å². The third-order valence-corrected chi connectivity index (χ3v) is 20.7. The van der Waals surface area contributed by atoms with Gasteiger partial charge in [0.05, 0.1) is 27.8 Å². The van der Waals surface area contributed by atoms with E-state index in [1.807, 2.05) is 22.7 Å². The predicted octanol–water partition coefficient (Wildman–Crippen LogP) is 24.9. The average molecular weight is 1180 g/mol. The molecule has 0 fully saturated rings. The van der Waals surface area contributed by atoms with Crippen molar-refractivity contribution in [2.45, 2.75) is 0 Å². The maximum Gasteiger partial charge on any atom is 0.0546 e. The normalized spacial score (nSPS) is 11.8. The summed E-state index contributed by atoms with van der Waals surface area (Å²) in [6.07, 6.45) is 0. The van der Waals surface area contributed by atoms with Gasteiger partial charge in [0.25, 0.3) is 0 Å². The third kappa shape index (κ3) is 8.75. The first-order chi connectivity index (χ1) is 44.6. The molecule has 0 atom stereocenters. The number of para-hydroxylation sites is 2. The van der Waals surface area contributed by atoms with Gasteiger partial charge in [-0.15, -0.1) is 22.7 Å². The molecule has 19 aromatic rings. The van der Waals surface area contributed by atoms with Crippen molar-refractivity contribution >= 4 is 128 Å². The zero-order chi connectivity index (χ0) is 59.2. The Bertz CT molecular complexity index is 6050. The summed E-state index contributed by atoms with van der Waals surface area (Å²) in [6.45, 7) is 0. The molecule has 0 N–H and O–H groups in total. The summed E-state index contributed by atoms with van der Waals surface area (Å²) < 4.78 is 10.2. The average Bonchev–Trinajstić information content (AvgIpc) is 1.64. The van der Waals surface area contributed by atoms with E-state index in [-0.39, 0.29) is 0 Å². The van der Waals surface area contributed by atoms with Crippen molar-refractivity contribution in [1.29, 1.82) is 0 Å². The summed E-state index contributed by atoms with van der Waals surface area (Å²) in [4.78, 5) is 0. The predicted molar refractivity (Wildman–Crippen MR) is 390 cm³/mol. The largest absolute Gasteiger partial charge is 0.309 e. The van der Waals surface area contributed by atoms with E-state index in [0.29, 0.717) is 0 Å². The first-order valence-electron chi connectivity index (χ1n) is 30.8. The smallest absolute Gasteiger partial charge is 0.0546 e. The molecule has 15 aromatic carbocycles. The van der Waals surface area contributed by atoms with Crippen LogP contribution in [0, 0.1) is 0 Å². The van der Waals surface area contributed by atoms with Crippen LogP contribution in [0.3, 0.4) is 0 Å². The molecule has 4 heteroatoms. The Hall–Kier alpha value is -11.1. The Kier molecular flexibility index (Phi) is 12.3. The molecule has 0 saturated heterocycles. The second-order valence-electron chi connectivity index (χ2n) is 23.5. The van der Waals surface area contributed by atoms with Crippen LogP contribution >= 0.6 is 22.7 Å². The van der Waals surface area contributed by atoms with E-state index in [1.54, 1.807) is 0 Å². The van der Waals surface area contributed by atoms with Crippen molar-refractivity contribution in [3.8, 4) is 67.0 Å². The van der Waals surface area contributed by atoms with E-state index in [9.17, 15) is 0 Å². The third-order valence-electron chi connectivity index (χ3n) is 18.4. The van der Waals surface area contributed by atoms with Crippen molar-refractivity contribution < 1.29 is 0 Å². The summed E-state index contributed by atoms with van der Waals surface area (Å²) in [5.41, 5.74) is 19.6. The molecule has 19 rings (SSSR count). The summed E-state index contributed by atoms with van der Waals surface area (Å²) in [7, 11) is 0. The van der Waals surface area contributed by atoms with E-state index in [1.165, 1.54) is 173 Å². The highest BCUT2D eigenvalue weighted by atomic mass is 32.1.